The molecular weight excluding hydrogens is 490 g/mol. The molecule has 2 unspecified atom stereocenters. The number of benzene rings is 2. The summed E-state index contributed by atoms with van der Waals surface area (Å²) < 4.78 is 0. The first-order valence-corrected chi connectivity index (χ1v) is 14.5. The van der Waals surface area contributed by atoms with Crippen LogP contribution in [-0.4, -0.2) is 30.3 Å². The number of carbonyl (C=O) groups is 3. The summed E-state index contributed by atoms with van der Waals surface area (Å²) in [5.41, 5.74) is 4.58. The van der Waals surface area contributed by atoms with Gasteiger partial charge in [-0.15, -0.1) is 0 Å². The van der Waals surface area contributed by atoms with Crippen LogP contribution >= 0.6 is 0 Å². The van der Waals surface area contributed by atoms with Crippen molar-refractivity contribution in [2.75, 3.05) is 6.54 Å². The first kappa shape index (κ1) is 30.4. The molecule has 39 heavy (non-hydrogen) atoms. The van der Waals surface area contributed by atoms with Gasteiger partial charge in [-0.2, -0.15) is 0 Å². The molecule has 1 saturated carbocycles. The van der Waals surface area contributed by atoms with Crippen molar-refractivity contribution >= 4 is 17.7 Å². The molecule has 1 aliphatic carbocycles. The topological polar surface area (TPSA) is 96.5 Å². The Morgan fingerprint density at radius 3 is 2.15 bits per heavy atom. The summed E-state index contributed by atoms with van der Waals surface area (Å²) in [4.78, 5) is 44.7. The van der Waals surface area contributed by atoms with Crippen molar-refractivity contribution in [1.82, 2.24) is 16.1 Å². The second kappa shape index (κ2) is 16.7. The van der Waals surface area contributed by atoms with Gasteiger partial charge in [-0.1, -0.05) is 107 Å². The van der Waals surface area contributed by atoms with Gasteiger partial charge in [0.2, 0.25) is 17.7 Å². The van der Waals surface area contributed by atoms with E-state index in [0.29, 0.717) is 25.3 Å². The average molecular weight is 536 g/mol. The lowest BCUT2D eigenvalue weighted by Crippen LogP contribution is -2.50. The quantitative estimate of drug-likeness (QED) is 0.277. The molecule has 0 saturated heterocycles. The first-order valence-electron chi connectivity index (χ1n) is 14.5. The molecule has 3 rings (SSSR count). The zero-order chi connectivity index (χ0) is 27.9. The Bertz CT molecular complexity index is 1010. The number of hydrogen-bond acceptors (Lipinski definition) is 4. The predicted octanol–water partition coefficient (Wildman–Crippen LogP) is 5.10. The Morgan fingerprint density at radius 2 is 1.51 bits per heavy atom. The van der Waals surface area contributed by atoms with Crippen molar-refractivity contribution in [1.29, 1.82) is 0 Å². The molecule has 2 aromatic rings. The Labute approximate surface area is 233 Å². The molecule has 1 fully saturated rings. The number of nitrogens with one attached hydrogen (secondary N) is 3. The van der Waals surface area contributed by atoms with Crippen LogP contribution in [0.2, 0.25) is 0 Å². The molecule has 1 aliphatic rings. The number of hydroxylamine groups is 1. The van der Waals surface area contributed by atoms with Gasteiger partial charge >= 0.3 is 0 Å². The SMILES string of the molecule is CC(C)CC(CC(=O)NOCc1ccccc1)C(=O)NC(CC1CCCCC1)C(=O)NCCc1ccccc1. The summed E-state index contributed by atoms with van der Waals surface area (Å²) in [6, 6.07) is 19.0. The highest BCUT2D eigenvalue weighted by molar-refractivity contribution is 5.90. The fourth-order valence-electron chi connectivity index (χ4n) is 5.27. The third kappa shape index (κ3) is 11.6. The van der Waals surface area contributed by atoms with Crippen LogP contribution in [0.5, 0.6) is 0 Å². The van der Waals surface area contributed by atoms with E-state index in [0.717, 1.165) is 30.4 Å². The largest absolute Gasteiger partial charge is 0.354 e. The Kier molecular flexibility index (Phi) is 13.0. The molecule has 0 aromatic heterocycles. The molecule has 3 amide bonds. The summed E-state index contributed by atoms with van der Waals surface area (Å²) >= 11 is 0. The number of hydrogen-bond donors (Lipinski definition) is 3. The van der Waals surface area contributed by atoms with Crippen LogP contribution < -0.4 is 16.1 Å². The van der Waals surface area contributed by atoms with E-state index in [9.17, 15) is 14.4 Å². The molecule has 0 spiro atoms. The minimum Gasteiger partial charge on any atom is -0.354 e. The predicted molar refractivity (Wildman–Crippen MR) is 153 cm³/mol. The average Bonchev–Trinajstić information content (AvgIpc) is 2.93. The summed E-state index contributed by atoms with van der Waals surface area (Å²) in [5, 5.41) is 6.07. The molecule has 0 heterocycles. The maximum absolute atomic E-state index is 13.4. The maximum atomic E-state index is 13.4. The molecule has 7 nitrogen and oxygen atoms in total. The van der Waals surface area contributed by atoms with E-state index in [1.54, 1.807) is 0 Å². The number of amides is 3. The van der Waals surface area contributed by atoms with Crippen molar-refractivity contribution in [3.8, 4) is 0 Å². The molecule has 212 valence electrons. The molecule has 2 aromatic carbocycles. The third-order valence-electron chi connectivity index (χ3n) is 7.31. The highest BCUT2D eigenvalue weighted by atomic mass is 16.6. The summed E-state index contributed by atoms with van der Waals surface area (Å²) in [6.45, 7) is 4.82. The standard InChI is InChI=1S/C32H45N3O4/c1-24(2)20-28(22-30(36)35-39-23-27-16-10-5-11-17-27)31(37)34-29(21-26-14-8-4-9-15-26)32(38)33-19-18-25-12-6-3-7-13-25/h3,5-7,10-13,16-17,24,26,28-29H,4,8-9,14-15,18-23H2,1-2H3,(H,33,38)(H,34,37)(H,35,36). The number of rotatable bonds is 15. The van der Waals surface area contributed by atoms with E-state index in [1.165, 1.54) is 19.3 Å². The smallest absolute Gasteiger partial charge is 0.244 e. The fourth-order valence-corrected chi connectivity index (χ4v) is 5.27. The fraction of sp³-hybridized carbons (Fsp3) is 0.531. The Hall–Kier alpha value is -3.19. The van der Waals surface area contributed by atoms with Crippen LogP contribution in [0.25, 0.3) is 0 Å². The Balaban J connectivity index is 1.57. The molecule has 2 atom stereocenters. The van der Waals surface area contributed by atoms with E-state index < -0.39 is 12.0 Å². The van der Waals surface area contributed by atoms with E-state index in [4.69, 9.17) is 4.84 Å². The van der Waals surface area contributed by atoms with Gasteiger partial charge in [-0.3, -0.25) is 19.2 Å². The van der Waals surface area contributed by atoms with Gasteiger partial charge in [0.25, 0.3) is 0 Å². The summed E-state index contributed by atoms with van der Waals surface area (Å²) in [6.07, 6.45) is 7.64. The number of carbonyl (C=O) groups excluding carboxylic acids is 3. The molecule has 0 radical (unpaired) electrons. The molecule has 3 N–H and O–H groups in total. The van der Waals surface area contributed by atoms with Crippen LogP contribution in [0.4, 0.5) is 0 Å². The van der Waals surface area contributed by atoms with Gasteiger partial charge < -0.3 is 10.6 Å². The highest BCUT2D eigenvalue weighted by Crippen LogP contribution is 2.28. The van der Waals surface area contributed by atoms with Crippen molar-refractivity contribution in [3.63, 3.8) is 0 Å². The lowest BCUT2D eigenvalue weighted by atomic mass is 9.84. The van der Waals surface area contributed by atoms with Crippen molar-refractivity contribution < 1.29 is 19.2 Å². The van der Waals surface area contributed by atoms with E-state index in [1.807, 2.05) is 74.5 Å². The molecular formula is C32H45N3O4. The van der Waals surface area contributed by atoms with Crippen molar-refractivity contribution in [2.45, 2.75) is 84.3 Å². The van der Waals surface area contributed by atoms with E-state index >= 15 is 0 Å². The second-order valence-electron chi connectivity index (χ2n) is 11.2. The van der Waals surface area contributed by atoms with Gasteiger partial charge in [0.15, 0.2) is 0 Å². The van der Waals surface area contributed by atoms with Crippen LogP contribution in [-0.2, 0) is 32.2 Å². The van der Waals surface area contributed by atoms with Gasteiger partial charge in [0, 0.05) is 18.9 Å². The molecule has 0 aliphatic heterocycles. The normalized spacial score (nSPS) is 15.4. The van der Waals surface area contributed by atoms with Crippen LogP contribution in [0.1, 0.15) is 76.3 Å². The van der Waals surface area contributed by atoms with Crippen LogP contribution in [0, 0.1) is 17.8 Å². The highest BCUT2D eigenvalue weighted by Gasteiger charge is 2.30. The lowest BCUT2D eigenvalue weighted by molar-refractivity contribution is -0.139. The maximum Gasteiger partial charge on any atom is 0.244 e. The Morgan fingerprint density at radius 1 is 0.872 bits per heavy atom. The minimum absolute atomic E-state index is 0.00454. The second-order valence-corrected chi connectivity index (χ2v) is 11.2. The first-order chi connectivity index (χ1) is 18.9. The third-order valence-corrected chi connectivity index (χ3v) is 7.31. The van der Waals surface area contributed by atoms with Gasteiger partial charge in [-0.25, -0.2) is 5.48 Å². The summed E-state index contributed by atoms with van der Waals surface area (Å²) in [5.74, 6) is -0.652. The zero-order valence-corrected chi connectivity index (χ0v) is 23.5. The van der Waals surface area contributed by atoms with Crippen molar-refractivity contribution in [3.05, 3.63) is 71.8 Å². The molecule has 0 bridgehead atoms. The van der Waals surface area contributed by atoms with Gasteiger partial charge in [0.1, 0.15) is 6.04 Å². The zero-order valence-electron chi connectivity index (χ0n) is 23.5. The van der Waals surface area contributed by atoms with E-state index in [2.05, 4.69) is 16.1 Å². The van der Waals surface area contributed by atoms with Crippen molar-refractivity contribution in [2.24, 2.45) is 17.8 Å². The summed E-state index contributed by atoms with van der Waals surface area (Å²) in [7, 11) is 0. The van der Waals surface area contributed by atoms with Gasteiger partial charge in [0.05, 0.1) is 6.61 Å². The van der Waals surface area contributed by atoms with Gasteiger partial charge in [-0.05, 0) is 42.2 Å². The lowest BCUT2D eigenvalue weighted by Gasteiger charge is -2.28. The molecule has 7 heteroatoms. The van der Waals surface area contributed by atoms with Crippen LogP contribution in [0.3, 0.4) is 0 Å². The monoisotopic (exact) mass is 535 g/mol. The minimum atomic E-state index is -0.608. The van der Waals surface area contributed by atoms with E-state index in [-0.39, 0.29) is 36.7 Å². The van der Waals surface area contributed by atoms with Crippen LogP contribution in [0.15, 0.2) is 60.7 Å².